The van der Waals surface area contributed by atoms with Crippen LogP contribution in [0.15, 0.2) is 60.4 Å². The lowest BCUT2D eigenvalue weighted by Crippen LogP contribution is -2.36. The Labute approximate surface area is 145 Å². The maximum atomic E-state index is 13.1. The third-order valence-electron chi connectivity index (χ3n) is 3.47. The molecule has 0 bridgehead atoms. The predicted octanol–water partition coefficient (Wildman–Crippen LogP) is 2.59. The number of nitriles is 1. The van der Waals surface area contributed by atoms with Gasteiger partial charge in [0.25, 0.3) is 11.5 Å². The summed E-state index contributed by atoms with van der Waals surface area (Å²) in [5.74, 6) is 0.865. The van der Waals surface area contributed by atoms with E-state index in [1.165, 1.54) is 34.9 Å². The van der Waals surface area contributed by atoms with Gasteiger partial charge >= 0.3 is 0 Å². The van der Waals surface area contributed by atoms with Crippen LogP contribution in [-0.4, -0.2) is 25.7 Å². The number of halogens is 1. The van der Waals surface area contributed by atoms with Crippen molar-refractivity contribution in [2.75, 3.05) is 19.0 Å². The van der Waals surface area contributed by atoms with Gasteiger partial charge in [-0.05, 0) is 24.3 Å². The molecule has 0 amide bonds. The number of hydrogen-bond donors (Lipinski definition) is 0. The molecule has 0 aliphatic carbocycles. The highest BCUT2D eigenvalue weighted by atomic mass is 19.1. The molecule has 0 spiro atoms. The van der Waals surface area contributed by atoms with Crippen molar-refractivity contribution in [1.82, 2.24) is 0 Å². The first-order valence-electron chi connectivity index (χ1n) is 7.34. The Kier molecular flexibility index (Phi) is 5.57. The smallest absolute Gasteiger partial charge is 0.260 e. The lowest BCUT2D eigenvalue weighted by Gasteiger charge is -2.10. The zero-order valence-electron chi connectivity index (χ0n) is 13.8. The van der Waals surface area contributed by atoms with Crippen LogP contribution < -0.4 is 9.47 Å². The second kappa shape index (κ2) is 7.82. The van der Waals surface area contributed by atoms with Crippen LogP contribution in [0.25, 0.3) is 11.1 Å². The molecule has 1 aromatic carbocycles. The Morgan fingerprint density at radius 3 is 2.28 bits per heavy atom. The summed E-state index contributed by atoms with van der Waals surface area (Å²) in [6, 6.07) is 10.4. The van der Waals surface area contributed by atoms with Crippen molar-refractivity contribution >= 4 is 23.0 Å². The van der Waals surface area contributed by atoms with E-state index in [-0.39, 0.29) is 16.8 Å². The molecule has 5 nitrogen and oxygen atoms in total. The summed E-state index contributed by atoms with van der Waals surface area (Å²) in [7, 11) is 3.77. The van der Waals surface area contributed by atoms with Gasteiger partial charge in [-0.25, -0.2) is 4.39 Å². The first kappa shape index (κ1) is 17.8. The van der Waals surface area contributed by atoms with Gasteiger partial charge in [0.1, 0.15) is 11.9 Å². The average Bonchev–Trinajstić information content (AvgIpc) is 2.63. The van der Waals surface area contributed by atoms with Gasteiger partial charge < -0.3 is 10.3 Å². The zero-order valence-corrected chi connectivity index (χ0v) is 13.8. The molecule has 25 heavy (non-hydrogen) atoms. The Bertz CT molecular complexity index is 900. The highest BCUT2D eigenvalue weighted by molar-refractivity contribution is 6.22. The van der Waals surface area contributed by atoms with Crippen LogP contribution in [0, 0.1) is 17.1 Å². The van der Waals surface area contributed by atoms with Crippen molar-refractivity contribution in [3.05, 3.63) is 77.2 Å². The number of hydrogen-bond acceptors (Lipinski definition) is 3. The molecule has 0 atom stereocenters. The summed E-state index contributed by atoms with van der Waals surface area (Å²) in [6.07, 6.45) is 4.55. The van der Waals surface area contributed by atoms with Gasteiger partial charge in [0.2, 0.25) is 0 Å². The molecule has 0 fully saturated rings. The van der Waals surface area contributed by atoms with E-state index in [1.54, 1.807) is 36.5 Å². The molecule has 1 aromatic heterocycles. The first-order chi connectivity index (χ1) is 12.0. The van der Waals surface area contributed by atoms with Gasteiger partial charge in [-0.2, -0.15) is 9.83 Å². The first-order valence-corrected chi connectivity index (χ1v) is 7.34. The number of pyridine rings is 1. The highest BCUT2D eigenvalue weighted by Crippen LogP contribution is 2.13. The van der Waals surface area contributed by atoms with Crippen LogP contribution in [0.4, 0.5) is 10.1 Å². The number of Topliss-reactive ketones (excluding diaryl/α,β-unsaturated/α-hetero) is 1. The SMILES string of the molecule is CN(C)c1cc[n+](/C(=C\C(=C=[N-])C#N)C(=O)c2ccc(F)cc2)cc1. The number of ketones is 1. The fourth-order valence-corrected chi connectivity index (χ4v) is 2.11. The Morgan fingerprint density at radius 1 is 1.20 bits per heavy atom. The molecule has 0 radical (unpaired) electrons. The molecule has 2 aromatic rings. The Morgan fingerprint density at radius 2 is 1.80 bits per heavy atom. The summed E-state index contributed by atoms with van der Waals surface area (Å²) in [5.41, 5.74) is 1.10. The van der Waals surface area contributed by atoms with Gasteiger partial charge in [-0.3, -0.25) is 10.7 Å². The summed E-state index contributed by atoms with van der Waals surface area (Å²) >= 11 is 0. The van der Waals surface area contributed by atoms with E-state index < -0.39 is 11.6 Å². The van der Waals surface area contributed by atoms with Gasteiger partial charge in [0.15, 0.2) is 12.4 Å². The van der Waals surface area contributed by atoms with E-state index in [9.17, 15) is 9.18 Å². The van der Waals surface area contributed by atoms with E-state index in [4.69, 9.17) is 10.7 Å². The van der Waals surface area contributed by atoms with Crippen molar-refractivity contribution in [3.63, 3.8) is 0 Å². The molecule has 0 unspecified atom stereocenters. The Balaban J connectivity index is 2.54. The maximum Gasteiger partial charge on any atom is 0.260 e. The molecule has 0 aliphatic rings. The standard InChI is InChI=1S/C19H15FN4O/c1-23(2)17-7-9-24(10-8-17)18(11-14(12-21)13-22)19(25)15-3-5-16(20)6-4-15/h3-11H,1-2H3/b18-11-. The molecular formula is C19H15FN4O. The molecule has 0 saturated carbocycles. The number of carbonyl (C=O) groups is 1. The lowest BCUT2D eigenvalue weighted by molar-refractivity contribution is -0.576. The van der Waals surface area contributed by atoms with Crippen LogP contribution >= 0.6 is 0 Å². The number of carbonyl (C=O) groups excluding carboxylic acids is 1. The summed E-state index contributed by atoms with van der Waals surface area (Å²) in [4.78, 5) is 14.7. The second-order valence-corrected chi connectivity index (χ2v) is 5.36. The van der Waals surface area contributed by atoms with Crippen molar-refractivity contribution in [2.45, 2.75) is 0 Å². The molecular weight excluding hydrogens is 319 g/mol. The number of anilines is 1. The average molecular weight is 334 g/mol. The van der Waals surface area contributed by atoms with Gasteiger partial charge in [0, 0.05) is 43.6 Å². The van der Waals surface area contributed by atoms with E-state index in [0.29, 0.717) is 0 Å². The van der Waals surface area contributed by atoms with Crippen LogP contribution in [0.3, 0.4) is 0 Å². The van der Waals surface area contributed by atoms with Crippen LogP contribution in [0.1, 0.15) is 10.4 Å². The number of allylic oxidation sites excluding steroid dienone is 3. The van der Waals surface area contributed by atoms with Crippen LogP contribution in [-0.2, 0) is 0 Å². The van der Waals surface area contributed by atoms with Gasteiger partial charge in [-0.15, -0.1) is 0 Å². The molecule has 6 heteroatoms. The third-order valence-corrected chi connectivity index (χ3v) is 3.47. The molecule has 2 rings (SSSR count). The minimum atomic E-state index is -0.452. The minimum Gasteiger partial charge on any atom is -0.762 e. The van der Waals surface area contributed by atoms with Gasteiger partial charge in [-0.1, -0.05) is 0 Å². The summed E-state index contributed by atoms with van der Waals surface area (Å²) in [5, 5.41) is 18.0. The van der Waals surface area contributed by atoms with Crippen LogP contribution in [0.5, 0.6) is 0 Å². The van der Waals surface area contributed by atoms with Crippen molar-refractivity contribution in [1.29, 1.82) is 5.26 Å². The molecule has 0 saturated heterocycles. The summed E-state index contributed by atoms with van der Waals surface area (Å²) in [6.45, 7) is 0. The number of benzene rings is 1. The van der Waals surface area contributed by atoms with E-state index in [2.05, 4.69) is 0 Å². The number of aromatic nitrogens is 1. The monoisotopic (exact) mass is 334 g/mol. The van der Waals surface area contributed by atoms with E-state index in [1.807, 2.05) is 19.0 Å². The molecule has 1 heterocycles. The lowest BCUT2D eigenvalue weighted by atomic mass is 10.1. The van der Waals surface area contributed by atoms with Crippen molar-refractivity contribution in [2.24, 2.45) is 0 Å². The fraction of sp³-hybridized carbons (Fsp3) is 0.105. The molecule has 0 N–H and O–H groups in total. The summed E-state index contributed by atoms with van der Waals surface area (Å²) < 4.78 is 14.6. The zero-order chi connectivity index (χ0) is 18.4. The largest absolute Gasteiger partial charge is 0.762 e. The van der Waals surface area contributed by atoms with Gasteiger partial charge in [0.05, 0.1) is 5.57 Å². The van der Waals surface area contributed by atoms with Crippen molar-refractivity contribution < 1.29 is 13.8 Å². The quantitative estimate of drug-likeness (QED) is 0.211. The maximum absolute atomic E-state index is 13.1. The molecule has 0 aliphatic heterocycles. The van der Waals surface area contributed by atoms with Crippen molar-refractivity contribution in [3.8, 4) is 6.07 Å². The normalized spacial score (nSPS) is 10.6. The third kappa shape index (κ3) is 4.25. The van der Waals surface area contributed by atoms with Crippen LogP contribution in [0.2, 0.25) is 0 Å². The minimum absolute atomic E-state index is 0.120. The molecule has 124 valence electrons. The second-order valence-electron chi connectivity index (χ2n) is 5.36. The topological polar surface area (TPSA) is 70.3 Å². The van der Waals surface area contributed by atoms with E-state index >= 15 is 0 Å². The fourth-order valence-electron chi connectivity index (χ4n) is 2.11. The highest BCUT2D eigenvalue weighted by Gasteiger charge is 2.22. The van der Waals surface area contributed by atoms with E-state index in [0.717, 1.165) is 5.69 Å². The Hall–Kier alpha value is -3.55. The predicted molar refractivity (Wildman–Crippen MR) is 93.5 cm³/mol. The number of rotatable bonds is 5. The number of nitrogens with zero attached hydrogens (tertiary/aromatic N) is 4.